The zero-order chi connectivity index (χ0) is 14.5. The lowest BCUT2D eigenvalue weighted by Gasteiger charge is -2.08. The highest BCUT2D eigenvalue weighted by molar-refractivity contribution is 7.88. The number of anilines is 1. The van der Waals surface area contributed by atoms with Gasteiger partial charge in [-0.15, -0.1) is 0 Å². The van der Waals surface area contributed by atoms with E-state index in [9.17, 15) is 8.42 Å². The summed E-state index contributed by atoms with van der Waals surface area (Å²) in [7, 11) is -3.12. The van der Waals surface area contributed by atoms with Crippen LogP contribution in [0.1, 0.15) is 17.7 Å². The van der Waals surface area contributed by atoms with Gasteiger partial charge in [-0.25, -0.2) is 18.1 Å². The van der Waals surface area contributed by atoms with E-state index in [1.807, 2.05) is 13.0 Å². The summed E-state index contributed by atoms with van der Waals surface area (Å²) in [5.41, 5.74) is 7.16. The molecule has 0 saturated carbocycles. The van der Waals surface area contributed by atoms with E-state index >= 15 is 0 Å². The van der Waals surface area contributed by atoms with Crippen LogP contribution in [0.4, 0.5) is 5.82 Å². The fourth-order valence-electron chi connectivity index (χ4n) is 1.46. The highest BCUT2D eigenvalue weighted by atomic mass is 32.2. The maximum absolute atomic E-state index is 10.9. The summed E-state index contributed by atoms with van der Waals surface area (Å²) >= 11 is 4.92. The number of aromatic nitrogens is 1. The fourth-order valence-corrected chi connectivity index (χ4v) is 2.10. The lowest BCUT2D eigenvalue weighted by molar-refractivity contribution is 0.586. The van der Waals surface area contributed by atoms with Crippen molar-refractivity contribution < 1.29 is 8.42 Å². The minimum absolute atomic E-state index is 0.326. The number of aryl methyl sites for hydroxylation is 1. The Balaban J connectivity index is 2.47. The lowest BCUT2D eigenvalue weighted by Crippen LogP contribution is -2.24. The molecular formula is C11H18N4O2S2. The molecule has 0 aliphatic carbocycles. The van der Waals surface area contributed by atoms with Gasteiger partial charge in [0.05, 0.1) is 6.26 Å². The number of hydrogen-bond donors (Lipinski definition) is 3. The molecule has 0 aliphatic rings. The van der Waals surface area contributed by atoms with Crippen LogP contribution < -0.4 is 15.8 Å². The molecular weight excluding hydrogens is 284 g/mol. The third-order valence-corrected chi connectivity index (χ3v) is 3.23. The third kappa shape index (κ3) is 6.46. The standard InChI is InChI=1S/C11H18N4O2S2/c1-8-6-9(11(12)18)7-10(15-8)13-4-3-5-14-19(2,16)17/h6-7,14H,3-5H2,1-2H3,(H2,12,18)(H,13,15). The molecule has 8 heteroatoms. The number of sulfonamides is 1. The van der Waals surface area contributed by atoms with Gasteiger partial charge in [-0.2, -0.15) is 0 Å². The van der Waals surface area contributed by atoms with Gasteiger partial charge < -0.3 is 11.1 Å². The maximum Gasteiger partial charge on any atom is 0.208 e. The lowest BCUT2D eigenvalue weighted by atomic mass is 10.2. The summed E-state index contributed by atoms with van der Waals surface area (Å²) in [5, 5.41) is 3.11. The highest BCUT2D eigenvalue weighted by Crippen LogP contribution is 2.10. The molecule has 0 saturated heterocycles. The Morgan fingerprint density at radius 2 is 2.11 bits per heavy atom. The monoisotopic (exact) mass is 302 g/mol. The average molecular weight is 302 g/mol. The van der Waals surface area contributed by atoms with Gasteiger partial charge in [-0.3, -0.25) is 0 Å². The smallest absolute Gasteiger partial charge is 0.208 e. The minimum atomic E-state index is -3.12. The molecule has 19 heavy (non-hydrogen) atoms. The number of nitrogens with zero attached hydrogens (tertiary/aromatic N) is 1. The molecule has 0 bridgehead atoms. The SMILES string of the molecule is Cc1cc(C(N)=S)cc(NCCCNS(C)(=O)=O)n1. The largest absolute Gasteiger partial charge is 0.389 e. The second-order valence-electron chi connectivity index (χ2n) is 4.19. The predicted molar refractivity (Wildman–Crippen MR) is 80.8 cm³/mol. The van der Waals surface area contributed by atoms with Crippen LogP contribution in [-0.2, 0) is 10.0 Å². The van der Waals surface area contributed by atoms with E-state index in [0.717, 1.165) is 17.5 Å². The van der Waals surface area contributed by atoms with E-state index in [1.165, 1.54) is 0 Å². The van der Waals surface area contributed by atoms with Crippen LogP contribution in [0.3, 0.4) is 0 Å². The first kappa shape index (κ1) is 15.8. The molecule has 1 aromatic heterocycles. The second-order valence-corrected chi connectivity index (χ2v) is 6.47. The Labute approximate surface area is 118 Å². The first-order valence-corrected chi connectivity index (χ1v) is 8.05. The van der Waals surface area contributed by atoms with Gasteiger partial charge in [0.15, 0.2) is 0 Å². The number of thiocarbonyl (C=S) groups is 1. The van der Waals surface area contributed by atoms with Crippen molar-refractivity contribution in [3.8, 4) is 0 Å². The van der Waals surface area contributed by atoms with E-state index in [2.05, 4.69) is 15.0 Å². The molecule has 0 radical (unpaired) electrons. The molecule has 0 spiro atoms. The van der Waals surface area contributed by atoms with E-state index in [-0.39, 0.29) is 0 Å². The summed E-state index contributed by atoms with van der Waals surface area (Å²) in [5.74, 6) is 0.683. The summed E-state index contributed by atoms with van der Waals surface area (Å²) < 4.78 is 24.1. The van der Waals surface area contributed by atoms with Gasteiger partial charge in [-0.1, -0.05) is 12.2 Å². The van der Waals surface area contributed by atoms with Crippen molar-refractivity contribution in [2.45, 2.75) is 13.3 Å². The molecule has 0 atom stereocenters. The Bertz CT molecular complexity index is 558. The van der Waals surface area contributed by atoms with Crippen LogP contribution in [0.25, 0.3) is 0 Å². The molecule has 106 valence electrons. The highest BCUT2D eigenvalue weighted by Gasteiger charge is 2.03. The molecule has 1 heterocycles. The molecule has 0 amide bonds. The summed E-state index contributed by atoms with van der Waals surface area (Å²) in [4.78, 5) is 4.62. The molecule has 1 aromatic rings. The van der Waals surface area contributed by atoms with Crippen LogP contribution in [-0.4, -0.2) is 37.7 Å². The maximum atomic E-state index is 10.9. The number of nitrogens with two attached hydrogens (primary N) is 1. The molecule has 6 nitrogen and oxygen atoms in total. The second kappa shape index (κ2) is 6.78. The van der Waals surface area contributed by atoms with E-state index in [4.69, 9.17) is 18.0 Å². The molecule has 0 aromatic carbocycles. The molecule has 4 N–H and O–H groups in total. The van der Waals surface area contributed by atoms with Crippen molar-refractivity contribution in [3.05, 3.63) is 23.4 Å². The summed E-state index contributed by atoms with van der Waals surface area (Å²) in [6.45, 7) is 2.85. The van der Waals surface area contributed by atoms with Gasteiger partial charge >= 0.3 is 0 Å². The van der Waals surface area contributed by atoms with Crippen LogP contribution in [0, 0.1) is 6.92 Å². The molecule has 0 fully saturated rings. The summed E-state index contributed by atoms with van der Waals surface area (Å²) in [6.07, 6.45) is 1.79. The Morgan fingerprint density at radius 1 is 1.42 bits per heavy atom. The van der Waals surface area contributed by atoms with E-state index in [0.29, 0.717) is 30.3 Å². The van der Waals surface area contributed by atoms with E-state index in [1.54, 1.807) is 6.07 Å². The van der Waals surface area contributed by atoms with Crippen molar-refractivity contribution >= 4 is 33.0 Å². The van der Waals surface area contributed by atoms with Crippen LogP contribution in [0.5, 0.6) is 0 Å². The van der Waals surface area contributed by atoms with Crippen LogP contribution in [0.15, 0.2) is 12.1 Å². The zero-order valence-electron chi connectivity index (χ0n) is 10.9. The number of rotatable bonds is 7. The first-order chi connectivity index (χ1) is 8.78. The Hall–Kier alpha value is -1.25. The van der Waals surface area contributed by atoms with Crippen LogP contribution in [0.2, 0.25) is 0 Å². The quantitative estimate of drug-likeness (QED) is 0.497. The van der Waals surface area contributed by atoms with Gasteiger partial charge in [0.1, 0.15) is 10.8 Å². The normalized spacial score (nSPS) is 11.3. The topological polar surface area (TPSA) is 97.1 Å². The van der Waals surface area contributed by atoms with Crippen molar-refractivity contribution in [2.24, 2.45) is 5.73 Å². The van der Waals surface area contributed by atoms with Gasteiger partial charge in [0.25, 0.3) is 0 Å². The number of pyridine rings is 1. The van der Waals surface area contributed by atoms with Gasteiger partial charge in [0.2, 0.25) is 10.0 Å². The van der Waals surface area contributed by atoms with Crippen molar-refractivity contribution in [1.29, 1.82) is 0 Å². The molecule has 1 rings (SSSR count). The number of hydrogen-bond acceptors (Lipinski definition) is 5. The average Bonchev–Trinajstić information content (AvgIpc) is 2.26. The number of nitrogens with one attached hydrogen (secondary N) is 2. The minimum Gasteiger partial charge on any atom is -0.389 e. The summed E-state index contributed by atoms with van der Waals surface area (Å²) in [6, 6.07) is 3.60. The zero-order valence-corrected chi connectivity index (χ0v) is 12.6. The third-order valence-electron chi connectivity index (χ3n) is 2.26. The Kier molecular flexibility index (Phi) is 5.64. The van der Waals surface area contributed by atoms with Gasteiger partial charge in [0, 0.05) is 24.3 Å². The van der Waals surface area contributed by atoms with Crippen molar-refractivity contribution in [3.63, 3.8) is 0 Å². The van der Waals surface area contributed by atoms with Gasteiger partial charge in [-0.05, 0) is 25.5 Å². The first-order valence-electron chi connectivity index (χ1n) is 5.75. The van der Waals surface area contributed by atoms with Crippen molar-refractivity contribution in [2.75, 3.05) is 24.7 Å². The molecule has 0 unspecified atom stereocenters. The van der Waals surface area contributed by atoms with E-state index < -0.39 is 10.0 Å². The van der Waals surface area contributed by atoms with Crippen LogP contribution >= 0.6 is 12.2 Å². The molecule has 0 aliphatic heterocycles. The Morgan fingerprint density at radius 3 is 2.68 bits per heavy atom. The fraction of sp³-hybridized carbons (Fsp3) is 0.455. The predicted octanol–water partition coefficient (Wildman–Crippen LogP) is 0.375. The van der Waals surface area contributed by atoms with Crippen molar-refractivity contribution in [1.82, 2.24) is 9.71 Å².